The van der Waals surface area contributed by atoms with E-state index in [4.69, 9.17) is 5.73 Å². The molecular formula is C16H17N3S. The van der Waals surface area contributed by atoms with E-state index in [1.54, 1.807) is 17.5 Å². The zero-order valence-corrected chi connectivity index (χ0v) is 12.2. The van der Waals surface area contributed by atoms with Gasteiger partial charge in [0, 0.05) is 34.6 Å². The molecule has 102 valence electrons. The number of pyridine rings is 1. The molecule has 0 aliphatic heterocycles. The molecule has 3 rings (SSSR count). The van der Waals surface area contributed by atoms with E-state index in [9.17, 15) is 0 Å². The van der Waals surface area contributed by atoms with Gasteiger partial charge in [0.1, 0.15) is 0 Å². The Bertz CT molecular complexity index is 707. The molecule has 2 heterocycles. The average Bonchev–Trinajstić information content (AvgIpc) is 2.95. The fraction of sp³-hybridized carbons (Fsp3) is 0.188. The highest BCUT2D eigenvalue weighted by Crippen LogP contribution is 2.27. The summed E-state index contributed by atoms with van der Waals surface area (Å²) in [5.74, 6) is 0. The second kappa shape index (κ2) is 5.51. The molecule has 2 aromatic heterocycles. The molecule has 0 aliphatic carbocycles. The summed E-state index contributed by atoms with van der Waals surface area (Å²) in [4.78, 5) is 5.84. The molecule has 3 aromatic rings. The zero-order valence-electron chi connectivity index (χ0n) is 11.3. The maximum absolute atomic E-state index is 6.00. The van der Waals surface area contributed by atoms with E-state index in [0.29, 0.717) is 6.04 Å². The summed E-state index contributed by atoms with van der Waals surface area (Å²) < 4.78 is 0. The number of aromatic nitrogens is 1. The first-order valence-electron chi connectivity index (χ1n) is 6.66. The Morgan fingerprint density at radius 3 is 2.95 bits per heavy atom. The second-order valence-corrected chi connectivity index (χ2v) is 5.96. The molecule has 1 atom stereocenters. The number of nitrogens with one attached hydrogen (secondary N) is 1. The Balaban J connectivity index is 1.85. The number of thiophene rings is 1. The lowest BCUT2D eigenvalue weighted by atomic mass is 10.1. The SMILES string of the molecule is CC(Cc1cccs1)Nc1ccc(N)c2cccnc12. The number of benzene rings is 1. The van der Waals surface area contributed by atoms with Gasteiger partial charge in [-0.3, -0.25) is 4.98 Å². The van der Waals surface area contributed by atoms with E-state index in [-0.39, 0.29) is 0 Å². The van der Waals surface area contributed by atoms with Crippen molar-refractivity contribution in [1.29, 1.82) is 0 Å². The van der Waals surface area contributed by atoms with Crippen LogP contribution in [0.25, 0.3) is 10.9 Å². The van der Waals surface area contributed by atoms with Gasteiger partial charge in [0.15, 0.2) is 0 Å². The van der Waals surface area contributed by atoms with Gasteiger partial charge in [-0.2, -0.15) is 0 Å². The molecule has 0 saturated carbocycles. The van der Waals surface area contributed by atoms with Crippen molar-refractivity contribution in [2.24, 2.45) is 0 Å². The lowest BCUT2D eigenvalue weighted by Gasteiger charge is -2.16. The van der Waals surface area contributed by atoms with Crippen LogP contribution in [0.3, 0.4) is 0 Å². The number of hydrogen-bond donors (Lipinski definition) is 2. The van der Waals surface area contributed by atoms with Crippen molar-refractivity contribution in [2.75, 3.05) is 11.1 Å². The summed E-state index contributed by atoms with van der Waals surface area (Å²) >= 11 is 1.79. The molecule has 1 aromatic carbocycles. The van der Waals surface area contributed by atoms with E-state index in [2.05, 4.69) is 34.7 Å². The summed E-state index contributed by atoms with van der Waals surface area (Å²) in [6.45, 7) is 2.19. The minimum Gasteiger partial charge on any atom is -0.398 e. The zero-order chi connectivity index (χ0) is 13.9. The number of hydrogen-bond acceptors (Lipinski definition) is 4. The lowest BCUT2D eigenvalue weighted by Crippen LogP contribution is -2.17. The van der Waals surface area contributed by atoms with E-state index in [1.165, 1.54) is 4.88 Å². The Labute approximate surface area is 122 Å². The smallest absolute Gasteiger partial charge is 0.0953 e. The van der Waals surface area contributed by atoms with Crippen LogP contribution in [0.1, 0.15) is 11.8 Å². The minimum atomic E-state index is 0.350. The maximum atomic E-state index is 6.00. The summed E-state index contributed by atoms with van der Waals surface area (Å²) in [6.07, 6.45) is 2.81. The molecule has 0 radical (unpaired) electrons. The lowest BCUT2D eigenvalue weighted by molar-refractivity contribution is 0.801. The van der Waals surface area contributed by atoms with Crippen molar-refractivity contribution in [3.05, 3.63) is 52.9 Å². The van der Waals surface area contributed by atoms with Crippen LogP contribution in [0.15, 0.2) is 48.0 Å². The fourth-order valence-corrected chi connectivity index (χ4v) is 3.19. The van der Waals surface area contributed by atoms with Gasteiger partial charge in [-0.25, -0.2) is 0 Å². The number of anilines is 2. The van der Waals surface area contributed by atoms with Gasteiger partial charge in [-0.05, 0) is 42.6 Å². The van der Waals surface area contributed by atoms with Crippen LogP contribution in [0.4, 0.5) is 11.4 Å². The van der Waals surface area contributed by atoms with E-state index < -0.39 is 0 Å². The molecule has 0 fully saturated rings. The van der Waals surface area contributed by atoms with Crippen molar-refractivity contribution in [2.45, 2.75) is 19.4 Å². The first-order chi connectivity index (χ1) is 9.74. The molecule has 0 spiro atoms. The predicted octanol–water partition coefficient (Wildman–Crippen LogP) is 3.92. The van der Waals surface area contributed by atoms with Crippen LogP contribution in [0.5, 0.6) is 0 Å². The number of nitrogens with zero attached hydrogens (tertiary/aromatic N) is 1. The van der Waals surface area contributed by atoms with Crippen LogP contribution in [-0.4, -0.2) is 11.0 Å². The Morgan fingerprint density at radius 1 is 1.25 bits per heavy atom. The third kappa shape index (κ3) is 2.60. The van der Waals surface area contributed by atoms with Gasteiger partial charge in [-0.15, -0.1) is 11.3 Å². The van der Waals surface area contributed by atoms with Crippen molar-refractivity contribution in [3.8, 4) is 0 Å². The third-order valence-electron chi connectivity index (χ3n) is 3.29. The second-order valence-electron chi connectivity index (χ2n) is 4.93. The third-order valence-corrected chi connectivity index (χ3v) is 4.19. The van der Waals surface area contributed by atoms with Crippen LogP contribution in [0, 0.1) is 0 Å². The van der Waals surface area contributed by atoms with Gasteiger partial charge in [0.25, 0.3) is 0 Å². The molecule has 4 heteroatoms. The van der Waals surface area contributed by atoms with Crippen LogP contribution >= 0.6 is 11.3 Å². The number of nitrogen functional groups attached to an aromatic ring is 1. The number of nitrogens with two attached hydrogens (primary N) is 1. The van der Waals surface area contributed by atoms with Gasteiger partial charge < -0.3 is 11.1 Å². The Kier molecular flexibility index (Phi) is 3.56. The van der Waals surface area contributed by atoms with Gasteiger partial charge in [0.2, 0.25) is 0 Å². The molecule has 0 bridgehead atoms. The molecule has 3 N–H and O–H groups in total. The van der Waals surface area contributed by atoms with E-state index in [1.807, 2.05) is 24.3 Å². The predicted molar refractivity (Wildman–Crippen MR) is 87.3 cm³/mol. The quantitative estimate of drug-likeness (QED) is 0.713. The highest BCUT2D eigenvalue weighted by atomic mass is 32.1. The minimum absolute atomic E-state index is 0.350. The average molecular weight is 283 g/mol. The molecular weight excluding hydrogens is 266 g/mol. The summed E-state index contributed by atoms with van der Waals surface area (Å²) in [5.41, 5.74) is 8.74. The summed E-state index contributed by atoms with van der Waals surface area (Å²) in [6, 6.07) is 12.5. The van der Waals surface area contributed by atoms with Gasteiger partial charge in [-0.1, -0.05) is 6.07 Å². The van der Waals surface area contributed by atoms with Crippen LogP contribution < -0.4 is 11.1 Å². The van der Waals surface area contributed by atoms with Crippen molar-refractivity contribution in [3.63, 3.8) is 0 Å². The fourth-order valence-electron chi connectivity index (χ4n) is 2.36. The number of rotatable bonds is 4. The highest BCUT2D eigenvalue weighted by Gasteiger charge is 2.09. The van der Waals surface area contributed by atoms with Gasteiger partial charge in [0.05, 0.1) is 11.2 Å². The first kappa shape index (κ1) is 12.9. The van der Waals surface area contributed by atoms with E-state index >= 15 is 0 Å². The maximum Gasteiger partial charge on any atom is 0.0953 e. The molecule has 3 nitrogen and oxygen atoms in total. The monoisotopic (exact) mass is 283 g/mol. The van der Waals surface area contributed by atoms with Crippen LogP contribution in [0.2, 0.25) is 0 Å². The standard InChI is InChI=1S/C16H17N3S/c1-11(10-12-4-3-9-20-12)19-15-7-6-14(17)13-5-2-8-18-16(13)15/h2-9,11,19H,10,17H2,1H3. The molecule has 0 saturated heterocycles. The topological polar surface area (TPSA) is 50.9 Å². The normalized spacial score (nSPS) is 12.4. The van der Waals surface area contributed by atoms with Gasteiger partial charge >= 0.3 is 0 Å². The Hall–Kier alpha value is -2.07. The van der Waals surface area contributed by atoms with E-state index in [0.717, 1.165) is 28.7 Å². The number of fused-ring (bicyclic) bond motifs is 1. The van der Waals surface area contributed by atoms with Crippen molar-refractivity contribution >= 4 is 33.6 Å². The molecule has 0 amide bonds. The Morgan fingerprint density at radius 2 is 2.15 bits per heavy atom. The first-order valence-corrected chi connectivity index (χ1v) is 7.54. The molecule has 0 aliphatic rings. The van der Waals surface area contributed by atoms with Crippen LogP contribution in [-0.2, 0) is 6.42 Å². The van der Waals surface area contributed by atoms with Crippen molar-refractivity contribution < 1.29 is 0 Å². The summed E-state index contributed by atoms with van der Waals surface area (Å²) in [7, 11) is 0. The molecule has 1 unspecified atom stereocenters. The largest absolute Gasteiger partial charge is 0.398 e. The van der Waals surface area contributed by atoms with Crippen molar-refractivity contribution in [1.82, 2.24) is 4.98 Å². The molecule has 20 heavy (non-hydrogen) atoms. The summed E-state index contributed by atoms with van der Waals surface area (Å²) in [5, 5.41) is 6.65. The highest BCUT2D eigenvalue weighted by molar-refractivity contribution is 7.09.